The lowest BCUT2D eigenvalue weighted by molar-refractivity contribution is 0.0124. The van der Waals surface area contributed by atoms with Gasteiger partial charge in [-0.2, -0.15) is 0 Å². The Hall–Kier alpha value is -1.95. The van der Waals surface area contributed by atoms with Gasteiger partial charge in [0.25, 0.3) is 0 Å². The van der Waals surface area contributed by atoms with E-state index in [4.69, 9.17) is 4.74 Å². The molecule has 2 N–H and O–H groups in total. The number of aliphatic hydroxyl groups excluding tert-OH is 1. The Kier molecular flexibility index (Phi) is 5.29. The third-order valence-electron chi connectivity index (χ3n) is 6.88. The van der Waals surface area contributed by atoms with Crippen LogP contribution in [0.4, 0.5) is 15.8 Å². The average molecular weight is 397 g/mol. The maximum Gasteiger partial charge on any atom is 0.123 e. The van der Waals surface area contributed by atoms with Crippen molar-refractivity contribution in [2.24, 2.45) is 5.92 Å². The number of hydrogen-bond acceptors (Lipinski definition) is 4. The number of nitrogens with one attached hydrogen (secondary N) is 1. The van der Waals surface area contributed by atoms with E-state index in [9.17, 15) is 9.50 Å². The van der Waals surface area contributed by atoms with Crippen molar-refractivity contribution in [3.8, 4) is 0 Å². The first-order chi connectivity index (χ1) is 14.2. The number of nitrogens with zero attached hydrogens (tertiary/aromatic N) is 1. The quantitative estimate of drug-likeness (QED) is 0.793. The first-order valence-corrected chi connectivity index (χ1v) is 10.9. The molecule has 2 saturated heterocycles. The summed E-state index contributed by atoms with van der Waals surface area (Å²) in [5.74, 6) is 0.673. The van der Waals surface area contributed by atoms with Crippen molar-refractivity contribution in [1.82, 2.24) is 4.90 Å². The Balaban J connectivity index is 1.36. The van der Waals surface area contributed by atoms with Gasteiger partial charge in [-0.3, -0.25) is 0 Å². The topological polar surface area (TPSA) is 44.7 Å². The molecule has 154 valence electrons. The zero-order valence-electron chi connectivity index (χ0n) is 16.7. The Morgan fingerprint density at radius 3 is 2.69 bits per heavy atom. The van der Waals surface area contributed by atoms with Crippen molar-refractivity contribution < 1.29 is 14.2 Å². The number of ether oxygens (including phenoxy) is 1. The molecule has 0 saturated carbocycles. The number of halogens is 1. The van der Waals surface area contributed by atoms with Crippen molar-refractivity contribution in [3.05, 3.63) is 59.4 Å². The normalized spacial score (nSPS) is 26.9. The Bertz CT molecular complexity index is 866. The van der Waals surface area contributed by atoms with Gasteiger partial charge >= 0.3 is 0 Å². The summed E-state index contributed by atoms with van der Waals surface area (Å²) >= 11 is 0. The summed E-state index contributed by atoms with van der Waals surface area (Å²) in [5, 5.41) is 12.7. The third kappa shape index (κ3) is 3.79. The first-order valence-electron chi connectivity index (χ1n) is 10.9. The molecule has 4 nitrogen and oxygen atoms in total. The number of hydrogen-bond donors (Lipinski definition) is 2. The zero-order valence-corrected chi connectivity index (χ0v) is 16.7. The minimum Gasteiger partial charge on any atom is -0.396 e. The van der Waals surface area contributed by atoms with Gasteiger partial charge in [0.05, 0.1) is 12.2 Å². The molecule has 2 fully saturated rings. The summed E-state index contributed by atoms with van der Waals surface area (Å²) < 4.78 is 20.6. The van der Waals surface area contributed by atoms with Crippen LogP contribution in [0.1, 0.15) is 48.8 Å². The summed E-state index contributed by atoms with van der Waals surface area (Å²) in [6.07, 6.45) is 4.22. The Morgan fingerprint density at radius 2 is 1.86 bits per heavy atom. The van der Waals surface area contributed by atoms with E-state index >= 15 is 0 Å². The van der Waals surface area contributed by atoms with E-state index < -0.39 is 0 Å². The number of aliphatic hydroxyl groups is 1. The second-order valence-corrected chi connectivity index (χ2v) is 8.72. The molecule has 5 rings (SSSR count). The van der Waals surface area contributed by atoms with Crippen molar-refractivity contribution in [2.75, 3.05) is 31.6 Å². The van der Waals surface area contributed by atoms with Gasteiger partial charge in [-0.1, -0.05) is 18.2 Å². The molecule has 3 atom stereocenters. The lowest BCUT2D eigenvalue weighted by Crippen LogP contribution is -2.39. The highest BCUT2D eigenvalue weighted by Gasteiger charge is 2.41. The van der Waals surface area contributed by atoms with Crippen LogP contribution in [0.3, 0.4) is 0 Å². The lowest BCUT2D eigenvalue weighted by Gasteiger charge is -2.33. The number of piperidine rings is 1. The molecule has 3 heterocycles. The molecule has 29 heavy (non-hydrogen) atoms. The summed E-state index contributed by atoms with van der Waals surface area (Å²) in [6.45, 7) is 3.37. The monoisotopic (exact) mass is 396 g/mol. The second-order valence-electron chi connectivity index (χ2n) is 8.72. The van der Waals surface area contributed by atoms with Crippen molar-refractivity contribution >= 4 is 11.4 Å². The molecule has 0 aromatic heterocycles. The molecule has 2 aromatic carbocycles. The highest BCUT2D eigenvalue weighted by atomic mass is 19.1. The van der Waals surface area contributed by atoms with Gasteiger partial charge in [0.1, 0.15) is 5.82 Å². The fourth-order valence-electron chi connectivity index (χ4n) is 5.35. The van der Waals surface area contributed by atoms with E-state index in [1.165, 1.54) is 11.6 Å². The molecular weight excluding hydrogens is 367 g/mol. The third-order valence-corrected chi connectivity index (χ3v) is 6.88. The van der Waals surface area contributed by atoms with Crippen molar-refractivity contribution in [1.29, 1.82) is 0 Å². The predicted molar refractivity (Wildman–Crippen MR) is 112 cm³/mol. The molecule has 0 spiro atoms. The smallest absolute Gasteiger partial charge is 0.123 e. The summed E-state index contributed by atoms with van der Waals surface area (Å²) in [5.41, 5.74) is 4.23. The molecular formula is C24H29FN2O2. The number of fused-ring (bicyclic) bond motifs is 5. The fraction of sp³-hybridized carbons (Fsp3) is 0.500. The molecule has 0 bridgehead atoms. The number of likely N-dealkylation sites (tertiary alicyclic amines) is 1. The van der Waals surface area contributed by atoms with Crippen LogP contribution in [0, 0.1) is 11.7 Å². The molecule has 0 aliphatic carbocycles. The number of para-hydroxylation sites is 1. The molecule has 0 amide bonds. The van der Waals surface area contributed by atoms with Crippen LogP contribution in [0.2, 0.25) is 0 Å². The highest BCUT2D eigenvalue weighted by Crippen LogP contribution is 2.51. The predicted octanol–water partition coefficient (Wildman–Crippen LogP) is 4.59. The SMILES string of the molecule is OCCC1CCN(CC2CC3c4ccccc4Nc4ccc(F)cc4C3O2)CC1. The Labute approximate surface area is 171 Å². The van der Waals surface area contributed by atoms with Crippen molar-refractivity contribution in [2.45, 2.75) is 43.8 Å². The van der Waals surface area contributed by atoms with Gasteiger partial charge in [-0.25, -0.2) is 4.39 Å². The standard InChI is InChI=1S/C24H29FN2O2/c25-17-5-6-23-21(13-17)24-20(19-3-1-2-4-22(19)26-23)14-18(29-24)15-27-10-7-16(8-11-27)9-12-28/h1-6,13,16,18,20,24,26,28H,7-12,14-15H2. The number of benzene rings is 2. The van der Waals surface area contributed by atoms with Gasteiger partial charge in [0.2, 0.25) is 0 Å². The van der Waals surface area contributed by atoms with Gasteiger partial charge < -0.3 is 20.1 Å². The molecule has 3 aliphatic rings. The second kappa shape index (κ2) is 8.05. The van der Waals surface area contributed by atoms with Gasteiger partial charge in [0, 0.05) is 36.0 Å². The summed E-state index contributed by atoms with van der Waals surface area (Å²) in [4.78, 5) is 2.50. The van der Waals surface area contributed by atoms with Crippen LogP contribution in [0.15, 0.2) is 42.5 Å². The van der Waals surface area contributed by atoms with E-state index in [2.05, 4.69) is 28.4 Å². The molecule has 5 heteroatoms. The van der Waals surface area contributed by atoms with E-state index in [1.807, 2.05) is 12.1 Å². The van der Waals surface area contributed by atoms with E-state index in [-0.39, 0.29) is 23.9 Å². The van der Waals surface area contributed by atoms with Crippen LogP contribution in [0.5, 0.6) is 0 Å². The van der Waals surface area contributed by atoms with E-state index in [0.29, 0.717) is 12.5 Å². The van der Waals surface area contributed by atoms with E-state index in [1.54, 1.807) is 6.07 Å². The van der Waals surface area contributed by atoms with Crippen LogP contribution in [-0.2, 0) is 4.74 Å². The fourth-order valence-corrected chi connectivity index (χ4v) is 5.35. The maximum atomic E-state index is 14.1. The van der Waals surface area contributed by atoms with Gasteiger partial charge in [-0.05, 0) is 74.5 Å². The lowest BCUT2D eigenvalue weighted by atomic mass is 9.87. The minimum atomic E-state index is -0.215. The molecule has 3 unspecified atom stereocenters. The van der Waals surface area contributed by atoms with E-state index in [0.717, 1.165) is 62.3 Å². The Morgan fingerprint density at radius 1 is 1.07 bits per heavy atom. The molecule has 2 aromatic rings. The van der Waals surface area contributed by atoms with Crippen LogP contribution in [-0.4, -0.2) is 42.4 Å². The number of anilines is 2. The van der Waals surface area contributed by atoms with Gasteiger partial charge in [0.15, 0.2) is 0 Å². The molecule has 3 aliphatic heterocycles. The largest absolute Gasteiger partial charge is 0.396 e. The number of rotatable bonds is 4. The maximum absolute atomic E-state index is 14.1. The highest BCUT2D eigenvalue weighted by molar-refractivity contribution is 5.70. The van der Waals surface area contributed by atoms with Crippen molar-refractivity contribution in [3.63, 3.8) is 0 Å². The summed E-state index contributed by atoms with van der Waals surface area (Å²) in [6, 6.07) is 13.4. The minimum absolute atomic E-state index is 0.117. The zero-order chi connectivity index (χ0) is 19.8. The van der Waals surface area contributed by atoms with Gasteiger partial charge in [-0.15, -0.1) is 0 Å². The molecule has 0 radical (unpaired) electrons. The van der Waals surface area contributed by atoms with Crippen LogP contribution < -0.4 is 5.32 Å². The van der Waals surface area contributed by atoms with Crippen LogP contribution >= 0.6 is 0 Å². The average Bonchev–Trinajstić information content (AvgIpc) is 3.10. The summed E-state index contributed by atoms with van der Waals surface area (Å²) in [7, 11) is 0. The first kappa shape index (κ1) is 19.0. The van der Waals surface area contributed by atoms with Crippen LogP contribution in [0.25, 0.3) is 0 Å².